The average Bonchev–Trinajstić information content (AvgIpc) is 3.42. The number of rotatable bonds is 6. The van der Waals surface area contributed by atoms with Crippen molar-refractivity contribution >= 4 is 40.7 Å². The molecule has 7 rings (SSSR count). The molecule has 0 spiro atoms. The first-order valence-electron chi connectivity index (χ1n) is 15.3. The summed E-state index contributed by atoms with van der Waals surface area (Å²) in [4.78, 5) is 69.7. The van der Waals surface area contributed by atoms with Crippen molar-refractivity contribution in [1.82, 2.24) is 0 Å². The molecular formula is C36H31N3O7. The molecule has 4 aliphatic rings. The molecule has 3 fully saturated rings. The van der Waals surface area contributed by atoms with Crippen LogP contribution in [-0.4, -0.2) is 33.7 Å². The largest absolute Gasteiger partial charge is 0.507 e. The van der Waals surface area contributed by atoms with E-state index < -0.39 is 51.7 Å². The van der Waals surface area contributed by atoms with Gasteiger partial charge in [0.1, 0.15) is 5.75 Å². The van der Waals surface area contributed by atoms with Gasteiger partial charge < -0.3 is 5.11 Å². The Bertz CT molecular complexity index is 1870. The van der Waals surface area contributed by atoms with Gasteiger partial charge in [0.05, 0.1) is 39.5 Å². The molecule has 2 aliphatic carbocycles. The number of hydrogen-bond donors (Lipinski definition) is 1. The zero-order chi connectivity index (χ0) is 32.5. The number of allylic oxidation sites excluding steroid dienone is 3. The number of phenols is 1. The highest BCUT2D eigenvalue weighted by atomic mass is 16.6. The summed E-state index contributed by atoms with van der Waals surface area (Å²) in [5, 5.41) is 22.8. The van der Waals surface area contributed by atoms with E-state index >= 15 is 0 Å². The molecule has 0 bridgehead atoms. The summed E-state index contributed by atoms with van der Waals surface area (Å²) >= 11 is 0. The molecule has 2 heterocycles. The van der Waals surface area contributed by atoms with Gasteiger partial charge in [-0.05, 0) is 61.9 Å². The summed E-state index contributed by atoms with van der Waals surface area (Å²) in [6, 6.07) is 19.4. The third kappa shape index (κ3) is 4.02. The monoisotopic (exact) mass is 617 g/mol. The van der Waals surface area contributed by atoms with Crippen LogP contribution in [0.15, 0.2) is 97.1 Å². The highest BCUT2D eigenvalue weighted by Crippen LogP contribution is 2.64. The molecule has 0 radical (unpaired) electrons. The third-order valence-corrected chi connectivity index (χ3v) is 10.4. The molecule has 3 aromatic carbocycles. The normalized spacial score (nSPS) is 28.5. The second kappa shape index (κ2) is 10.6. The lowest BCUT2D eigenvalue weighted by Gasteiger charge is -2.49. The number of carbonyl (C=O) groups excluding carboxylic acids is 4. The summed E-state index contributed by atoms with van der Waals surface area (Å²) in [6.45, 7) is 5.58. The van der Waals surface area contributed by atoms with Crippen LogP contribution in [0.5, 0.6) is 5.75 Å². The molecule has 2 aliphatic heterocycles. The van der Waals surface area contributed by atoms with Gasteiger partial charge in [-0.3, -0.25) is 34.2 Å². The Morgan fingerprint density at radius 1 is 0.913 bits per heavy atom. The van der Waals surface area contributed by atoms with Crippen LogP contribution in [0, 0.1) is 39.2 Å². The summed E-state index contributed by atoms with van der Waals surface area (Å²) in [6.07, 6.45) is 4.40. The summed E-state index contributed by atoms with van der Waals surface area (Å²) in [5.74, 6) is -5.23. The number of amides is 4. The lowest BCUT2D eigenvalue weighted by atomic mass is 9.51. The van der Waals surface area contributed by atoms with Crippen LogP contribution in [0.2, 0.25) is 0 Å². The number of benzene rings is 3. The van der Waals surface area contributed by atoms with Gasteiger partial charge >= 0.3 is 0 Å². The maximum Gasteiger partial charge on any atom is 0.269 e. The minimum absolute atomic E-state index is 0.00999. The standard InChI is InChI=1S/C36H31N3O7/c1-3-8-20-9-7-12-26(31(20)40)30-24-17-18-25-29(34(43)37(32(25)41)22-13-15-23(16-14-22)39(45)46)27(24)19-28-33(42)38(35(44)36(28,30)2)21-10-5-4-6-11-21/h3-7,9-17,25,27-30,40H,1,8,18-19H2,2H3. The van der Waals surface area contributed by atoms with Crippen molar-refractivity contribution in [3.05, 3.63) is 118 Å². The zero-order valence-electron chi connectivity index (χ0n) is 25.0. The highest BCUT2D eigenvalue weighted by molar-refractivity contribution is 6.25. The number of phenolic OH excluding ortho intramolecular Hbond substituents is 1. The number of nitrogens with zero attached hydrogens (tertiary/aromatic N) is 3. The summed E-state index contributed by atoms with van der Waals surface area (Å²) in [5.41, 5.74) is 1.11. The molecule has 46 heavy (non-hydrogen) atoms. The Morgan fingerprint density at radius 3 is 2.28 bits per heavy atom. The van der Waals surface area contributed by atoms with Crippen LogP contribution in [0.1, 0.15) is 36.8 Å². The number of nitro groups is 1. The van der Waals surface area contributed by atoms with Crippen LogP contribution in [0.25, 0.3) is 0 Å². The van der Waals surface area contributed by atoms with Gasteiger partial charge in [0.2, 0.25) is 23.6 Å². The van der Waals surface area contributed by atoms with E-state index in [1.807, 2.05) is 6.08 Å². The predicted octanol–water partition coefficient (Wildman–Crippen LogP) is 5.46. The van der Waals surface area contributed by atoms with Gasteiger partial charge in [-0.1, -0.05) is 54.1 Å². The summed E-state index contributed by atoms with van der Waals surface area (Å²) in [7, 11) is 0. The minimum Gasteiger partial charge on any atom is -0.507 e. The van der Waals surface area contributed by atoms with E-state index in [1.165, 1.54) is 29.2 Å². The zero-order valence-corrected chi connectivity index (χ0v) is 25.0. The number of aromatic hydroxyl groups is 1. The van der Waals surface area contributed by atoms with Crippen LogP contribution < -0.4 is 9.80 Å². The molecule has 232 valence electrons. The number of nitro benzene ring substituents is 1. The molecule has 6 atom stereocenters. The maximum atomic E-state index is 14.5. The van der Waals surface area contributed by atoms with Gasteiger partial charge in [-0.15, -0.1) is 6.58 Å². The Labute approximate surface area is 264 Å². The quantitative estimate of drug-likeness (QED) is 0.168. The first kappa shape index (κ1) is 29.3. The van der Waals surface area contributed by atoms with Gasteiger partial charge in [-0.2, -0.15) is 0 Å². The molecule has 10 heteroatoms. The van der Waals surface area contributed by atoms with Crippen molar-refractivity contribution in [3.63, 3.8) is 0 Å². The Morgan fingerprint density at radius 2 is 1.61 bits per heavy atom. The van der Waals surface area contributed by atoms with Crippen LogP contribution >= 0.6 is 0 Å². The van der Waals surface area contributed by atoms with E-state index in [0.717, 1.165) is 10.5 Å². The Balaban J connectivity index is 1.36. The van der Waals surface area contributed by atoms with Crippen LogP contribution in [0.4, 0.5) is 17.1 Å². The summed E-state index contributed by atoms with van der Waals surface area (Å²) < 4.78 is 0. The lowest BCUT2D eigenvalue weighted by Crippen LogP contribution is -2.49. The average molecular weight is 618 g/mol. The fourth-order valence-corrected chi connectivity index (χ4v) is 8.32. The molecule has 10 nitrogen and oxygen atoms in total. The first-order valence-corrected chi connectivity index (χ1v) is 15.3. The number of para-hydroxylation sites is 2. The number of non-ortho nitro benzene ring substituents is 1. The SMILES string of the molecule is C=CCc1cccc(C2C3=CCC4C(=O)N(c5ccc([N+](=O)[O-])cc5)C(=O)C4C3CC3C(=O)N(c4ccccc4)C(=O)C32C)c1O. The van der Waals surface area contributed by atoms with Gasteiger partial charge in [0.15, 0.2) is 0 Å². The smallest absolute Gasteiger partial charge is 0.269 e. The fourth-order valence-electron chi connectivity index (χ4n) is 8.32. The van der Waals surface area contributed by atoms with Crippen molar-refractivity contribution in [2.45, 2.75) is 32.1 Å². The van der Waals surface area contributed by atoms with E-state index in [1.54, 1.807) is 61.5 Å². The number of hydrogen-bond acceptors (Lipinski definition) is 7. The van der Waals surface area contributed by atoms with Gasteiger partial charge in [0, 0.05) is 23.6 Å². The molecule has 3 aromatic rings. The molecule has 4 amide bonds. The van der Waals surface area contributed by atoms with Gasteiger partial charge in [-0.25, -0.2) is 4.90 Å². The number of carbonyl (C=O) groups is 4. The lowest BCUT2D eigenvalue weighted by molar-refractivity contribution is -0.384. The fraction of sp³-hybridized carbons (Fsp3) is 0.278. The number of fused-ring (bicyclic) bond motifs is 4. The number of imide groups is 2. The molecule has 0 aromatic heterocycles. The van der Waals surface area contributed by atoms with Crippen LogP contribution in [0.3, 0.4) is 0 Å². The van der Waals surface area contributed by atoms with Crippen molar-refractivity contribution in [2.75, 3.05) is 9.80 Å². The second-order valence-corrected chi connectivity index (χ2v) is 12.6. The Hall–Kier alpha value is -5.38. The topological polar surface area (TPSA) is 138 Å². The van der Waals surface area contributed by atoms with E-state index in [9.17, 15) is 34.4 Å². The maximum absolute atomic E-state index is 14.5. The van der Waals surface area contributed by atoms with E-state index in [0.29, 0.717) is 23.2 Å². The molecular weight excluding hydrogens is 586 g/mol. The predicted molar refractivity (Wildman–Crippen MR) is 169 cm³/mol. The van der Waals surface area contributed by atoms with E-state index in [4.69, 9.17) is 0 Å². The first-order chi connectivity index (χ1) is 22.1. The Kier molecular flexibility index (Phi) is 6.77. The third-order valence-electron chi connectivity index (χ3n) is 10.4. The molecule has 1 N–H and O–H groups in total. The van der Waals surface area contributed by atoms with Crippen LogP contribution in [-0.2, 0) is 25.6 Å². The van der Waals surface area contributed by atoms with Crippen molar-refractivity contribution in [2.24, 2.45) is 29.1 Å². The van der Waals surface area contributed by atoms with Gasteiger partial charge in [0.25, 0.3) is 5.69 Å². The molecule has 1 saturated carbocycles. The van der Waals surface area contributed by atoms with Crippen molar-refractivity contribution in [3.8, 4) is 5.75 Å². The molecule has 6 unspecified atom stereocenters. The highest BCUT2D eigenvalue weighted by Gasteiger charge is 2.68. The van der Waals surface area contributed by atoms with E-state index in [2.05, 4.69) is 6.58 Å². The number of anilines is 2. The molecule has 2 saturated heterocycles. The van der Waals surface area contributed by atoms with Crippen molar-refractivity contribution < 1.29 is 29.2 Å². The second-order valence-electron chi connectivity index (χ2n) is 12.6. The van der Waals surface area contributed by atoms with Crippen molar-refractivity contribution in [1.29, 1.82) is 0 Å². The van der Waals surface area contributed by atoms with E-state index in [-0.39, 0.29) is 41.8 Å². The minimum atomic E-state index is -1.28.